The van der Waals surface area contributed by atoms with E-state index in [0.717, 1.165) is 15.8 Å². The summed E-state index contributed by atoms with van der Waals surface area (Å²) in [4.78, 5) is 108. The Labute approximate surface area is 407 Å². The third-order valence-corrected chi connectivity index (χ3v) is 12.5. The number of phenols is 1. The van der Waals surface area contributed by atoms with Crippen LogP contribution in [0.15, 0.2) is 91.0 Å². The van der Waals surface area contributed by atoms with Gasteiger partial charge in [-0.05, 0) is 84.7 Å². The maximum absolute atomic E-state index is 14.0. The fraction of sp³-hybridized carbons (Fsp3) is 0.320. The van der Waals surface area contributed by atoms with Gasteiger partial charge in [-0.3, -0.25) is 38.5 Å². The summed E-state index contributed by atoms with van der Waals surface area (Å²) >= 11 is 6.39. The number of nitrogens with one attached hydrogen (secondary N) is 7. The number of hydrogen-bond acceptors (Lipinski definition) is 10. The van der Waals surface area contributed by atoms with Crippen LogP contribution in [0.25, 0.3) is 21.7 Å². The second-order valence-electron chi connectivity index (χ2n) is 17.4. The highest BCUT2D eigenvalue weighted by atomic mass is 35.5. The van der Waals surface area contributed by atoms with Crippen LogP contribution in [0.1, 0.15) is 71.9 Å². The van der Waals surface area contributed by atoms with Crippen molar-refractivity contribution in [3.05, 3.63) is 108 Å². The fourth-order valence-corrected chi connectivity index (χ4v) is 8.85. The van der Waals surface area contributed by atoms with Gasteiger partial charge in [0.15, 0.2) is 0 Å². The Balaban J connectivity index is 0.929. The number of hydrogen-bond donors (Lipinski definition) is 9. The van der Waals surface area contributed by atoms with E-state index in [0.29, 0.717) is 64.3 Å². The number of nitrogens with zero attached hydrogens (tertiary/aromatic N) is 2. The highest BCUT2D eigenvalue weighted by Crippen LogP contribution is 2.45. The molecule has 1 aromatic heterocycles. The van der Waals surface area contributed by atoms with Crippen LogP contribution in [0.5, 0.6) is 5.75 Å². The number of primary amides is 1. The van der Waals surface area contributed by atoms with E-state index in [1.54, 1.807) is 47.4 Å². The topological polar surface area (TPSA) is 277 Å². The van der Waals surface area contributed by atoms with E-state index < -0.39 is 47.7 Å². The summed E-state index contributed by atoms with van der Waals surface area (Å²) in [5, 5.41) is 29.9. The standard InChI is InChI=1S/C50H55ClN10O9/c1-28(2)45(54-21-20-53-41(63)10-6-22-60-42(64)17-18-43(60)65)48(68)59-37(9-5-19-55-50(52)70)47(67)56-32-13-11-29(12-14-32)46(66)57-33-15-16-36-30(23-33)24-38(58-36)49(69)61-27-31(26-51)44-35-8-4-3-7-34(35)40(62)25-39(44)61/h3-4,7-8,11-18,23-25,28,31,37,45,54,58,62H,5-6,9-10,19-22,26-27H2,1-2H3,(H,53,63)(H,56,67)(H,57,66)(H,59,68)(H3,52,55,70)/t31-,37+,45+/m1/s1. The molecule has 0 spiro atoms. The van der Waals surface area contributed by atoms with Crippen molar-refractivity contribution in [2.24, 2.45) is 11.7 Å². The minimum atomic E-state index is -1.03. The van der Waals surface area contributed by atoms with Crippen molar-refractivity contribution in [1.82, 2.24) is 31.2 Å². The van der Waals surface area contributed by atoms with E-state index in [2.05, 4.69) is 36.9 Å². The summed E-state index contributed by atoms with van der Waals surface area (Å²) in [7, 11) is 0. The number of urea groups is 1. The second-order valence-corrected chi connectivity index (χ2v) is 17.7. The van der Waals surface area contributed by atoms with Gasteiger partial charge in [0.05, 0.1) is 11.7 Å². The molecular weight excluding hydrogens is 920 g/mol. The van der Waals surface area contributed by atoms with E-state index in [1.807, 2.05) is 38.1 Å². The molecule has 0 bridgehead atoms. The fourth-order valence-electron chi connectivity index (χ4n) is 8.60. The average Bonchev–Trinajstić information content (AvgIpc) is 4.03. The van der Waals surface area contributed by atoms with Gasteiger partial charge in [-0.25, -0.2) is 4.79 Å². The van der Waals surface area contributed by atoms with E-state index in [9.17, 15) is 43.5 Å². The van der Waals surface area contributed by atoms with E-state index >= 15 is 0 Å². The summed E-state index contributed by atoms with van der Waals surface area (Å²) in [6.07, 6.45) is 3.22. The van der Waals surface area contributed by atoms with Crippen molar-refractivity contribution in [3.63, 3.8) is 0 Å². The molecule has 9 amide bonds. The molecule has 10 N–H and O–H groups in total. The van der Waals surface area contributed by atoms with Crippen LogP contribution in [0, 0.1) is 5.92 Å². The number of H-pyrrole nitrogens is 1. The molecule has 19 nitrogen and oxygen atoms in total. The zero-order valence-electron chi connectivity index (χ0n) is 38.6. The Bertz CT molecular complexity index is 2850. The lowest BCUT2D eigenvalue weighted by Gasteiger charge is -2.25. The first-order chi connectivity index (χ1) is 33.6. The van der Waals surface area contributed by atoms with Crippen molar-refractivity contribution >= 4 is 97.7 Å². The molecule has 366 valence electrons. The van der Waals surface area contributed by atoms with Crippen LogP contribution in [0.3, 0.4) is 0 Å². The predicted molar refractivity (Wildman–Crippen MR) is 266 cm³/mol. The van der Waals surface area contributed by atoms with E-state index in [4.69, 9.17) is 17.3 Å². The SMILES string of the molecule is CC(C)[C@H](NCCNC(=O)CCCN1C(=O)C=CC1=O)C(=O)N[C@@H](CCCNC(N)=O)C(=O)Nc1ccc(C(=O)Nc2ccc3[nH]c(C(=O)N4C[C@@H](CCl)c5c4cc(O)c4ccccc54)cc3c2)cc1. The van der Waals surface area contributed by atoms with Gasteiger partial charge in [-0.2, -0.15) is 0 Å². The summed E-state index contributed by atoms with van der Waals surface area (Å²) in [6, 6.07) is 19.7. The number of imide groups is 1. The highest BCUT2D eigenvalue weighted by molar-refractivity contribution is 6.19. The Hall–Kier alpha value is -7.77. The highest BCUT2D eigenvalue weighted by Gasteiger charge is 2.35. The molecule has 0 aliphatic carbocycles. The first-order valence-electron chi connectivity index (χ1n) is 23.0. The average molecular weight is 976 g/mol. The normalized spacial score (nSPS) is 15.0. The van der Waals surface area contributed by atoms with Crippen LogP contribution in [0.2, 0.25) is 0 Å². The number of amides is 9. The minimum Gasteiger partial charge on any atom is -0.507 e. The summed E-state index contributed by atoms with van der Waals surface area (Å²) in [5.74, 6) is -2.79. The van der Waals surface area contributed by atoms with Crippen molar-refractivity contribution in [1.29, 1.82) is 0 Å². The van der Waals surface area contributed by atoms with Crippen molar-refractivity contribution < 1.29 is 43.5 Å². The molecule has 4 aromatic carbocycles. The molecule has 0 unspecified atom stereocenters. The first-order valence-corrected chi connectivity index (χ1v) is 23.5. The molecule has 3 heterocycles. The maximum Gasteiger partial charge on any atom is 0.312 e. The summed E-state index contributed by atoms with van der Waals surface area (Å²) in [5.41, 5.74) is 8.85. The number of rotatable bonds is 21. The molecule has 7 rings (SSSR count). The van der Waals surface area contributed by atoms with Gasteiger partial charge in [0.1, 0.15) is 17.5 Å². The number of fused-ring (bicyclic) bond motifs is 4. The zero-order chi connectivity index (χ0) is 50.1. The monoisotopic (exact) mass is 974 g/mol. The third-order valence-electron chi connectivity index (χ3n) is 12.1. The van der Waals surface area contributed by atoms with Gasteiger partial charge < -0.3 is 52.6 Å². The number of aromatic hydroxyl groups is 1. The lowest BCUT2D eigenvalue weighted by Crippen LogP contribution is -2.54. The first kappa shape index (κ1) is 50.1. The Morgan fingerprint density at radius 1 is 0.829 bits per heavy atom. The maximum atomic E-state index is 14.0. The summed E-state index contributed by atoms with van der Waals surface area (Å²) in [6.45, 7) is 4.71. The number of aromatic nitrogens is 1. The number of halogens is 1. The molecule has 0 saturated carbocycles. The van der Waals surface area contributed by atoms with Crippen LogP contribution in [-0.2, 0) is 24.0 Å². The largest absolute Gasteiger partial charge is 0.507 e. The quantitative estimate of drug-likeness (QED) is 0.0281. The Kier molecular flexibility index (Phi) is 16.2. The van der Waals surface area contributed by atoms with Gasteiger partial charge in [0, 0.05) is 102 Å². The smallest absolute Gasteiger partial charge is 0.312 e. The number of alkyl halides is 1. The predicted octanol–water partition coefficient (Wildman–Crippen LogP) is 4.57. The van der Waals surface area contributed by atoms with Gasteiger partial charge in [0.2, 0.25) is 17.7 Å². The molecule has 0 fully saturated rings. The lowest BCUT2D eigenvalue weighted by atomic mass is 9.95. The molecule has 3 atom stereocenters. The number of carbonyl (C=O) groups is 8. The number of anilines is 3. The Morgan fingerprint density at radius 2 is 1.54 bits per heavy atom. The molecule has 20 heteroatoms. The van der Waals surface area contributed by atoms with Crippen molar-refractivity contribution in [2.75, 3.05) is 54.1 Å². The molecular formula is C50H55ClN10O9. The van der Waals surface area contributed by atoms with Crippen LogP contribution >= 0.6 is 11.6 Å². The zero-order valence-corrected chi connectivity index (χ0v) is 39.4. The van der Waals surface area contributed by atoms with Crippen LogP contribution < -0.4 is 42.5 Å². The van der Waals surface area contributed by atoms with Crippen LogP contribution in [-0.4, -0.2) is 113 Å². The number of benzene rings is 4. The van der Waals surface area contributed by atoms with Gasteiger partial charge in [-0.15, -0.1) is 11.6 Å². The molecule has 0 radical (unpaired) electrons. The third kappa shape index (κ3) is 11.9. The second kappa shape index (κ2) is 22.6. The van der Waals surface area contributed by atoms with Crippen molar-refractivity contribution in [3.8, 4) is 5.75 Å². The molecule has 0 saturated heterocycles. The number of phenolic OH excluding ortho intramolecular Hbond substituents is 1. The molecule has 2 aliphatic heterocycles. The van der Waals surface area contributed by atoms with Crippen LogP contribution in [0.4, 0.5) is 21.9 Å². The lowest BCUT2D eigenvalue weighted by molar-refractivity contribution is -0.137. The Morgan fingerprint density at radius 3 is 2.24 bits per heavy atom. The van der Waals surface area contributed by atoms with E-state index in [-0.39, 0.29) is 74.0 Å². The van der Waals surface area contributed by atoms with Gasteiger partial charge in [-0.1, -0.05) is 38.1 Å². The minimum absolute atomic E-state index is 0.0720. The van der Waals surface area contributed by atoms with E-state index in [1.165, 1.54) is 24.3 Å². The number of nitrogens with two attached hydrogens (primary N) is 1. The van der Waals surface area contributed by atoms with Gasteiger partial charge >= 0.3 is 6.03 Å². The molecule has 5 aromatic rings. The van der Waals surface area contributed by atoms with Crippen molar-refractivity contribution in [2.45, 2.75) is 57.5 Å². The molecule has 70 heavy (non-hydrogen) atoms. The number of aromatic amines is 1. The molecule has 2 aliphatic rings. The van der Waals surface area contributed by atoms with Gasteiger partial charge in [0.25, 0.3) is 23.6 Å². The number of carbonyl (C=O) groups excluding carboxylic acids is 8. The summed E-state index contributed by atoms with van der Waals surface area (Å²) < 4.78 is 0.